The van der Waals surface area contributed by atoms with Crippen molar-refractivity contribution in [1.29, 1.82) is 0 Å². The van der Waals surface area contributed by atoms with Gasteiger partial charge in [-0.05, 0) is 73.3 Å². The Hall–Kier alpha value is -4.97. The zero-order valence-corrected chi connectivity index (χ0v) is 32.7. The Kier molecular flexibility index (Phi) is 11.6. The molecule has 2 N–H and O–H groups in total. The largest absolute Gasteiger partial charge is 0.453 e. The maximum Gasteiger partial charge on any atom is 0.410 e. The number of likely N-dealkylation sites (tertiary alicyclic amines) is 2. The second-order valence-corrected chi connectivity index (χ2v) is 16.2. The van der Waals surface area contributed by atoms with E-state index in [1.807, 2.05) is 56.8 Å². The van der Waals surface area contributed by atoms with Gasteiger partial charge in [-0.25, -0.2) is 14.6 Å². The molecule has 0 aliphatic carbocycles. The number of hydrogen-bond acceptors (Lipinski definition) is 8. The Morgan fingerprint density at radius 3 is 2.17 bits per heavy atom. The number of ether oxygens (including phenoxy) is 3. The van der Waals surface area contributed by atoms with E-state index < -0.39 is 17.7 Å². The zero-order valence-electron chi connectivity index (χ0n) is 32.7. The molecular weight excluding hydrogens is 684 g/mol. The van der Waals surface area contributed by atoms with Crippen LogP contribution in [0.5, 0.6) is 0 Å². The maximum absolute atomic E-state index is 13.8. The van der Waals surface area contributed by atoms with Crippen LogP contribution in [0.3, 0.4) is 0 Å². The molecule has 12 nitrogen and oxygen atoms in total. The first-order chi connectivity index (χ1) is 25.7. The Labute approximate surface area is 318 Å². The molecule has 288 valence electrons. The monoisotopic (exact) mass is 738 g/mol. The number of aromatic nitrogens is 2. The number of nitrogens with one attached hydrogen (secondary N) is 2. The number of aliphatic imine (C=N–C) groups is 1. The highest BCUT2D eigenvalue weighted by Crippen LogP contribution is 2.37. The SMILES string of the molecule is COC[C@H]1C[C@@H](c2ncc(-c3ccc(-c4ccc(C5=CN=C([C@@H]6C[C@H](C)CN6C(=O)OC(C)(C)C)C5)cc4)cc3)[nH]2)N(C(=O)[C@@H](NC(=O)OC)C(C)C)C1. The fourth-order valence-corrected chi connectivity index (χ4v) is 7.74. The molecule has 0 radical (unpaired) electrons. The molecule has 3 amide bonds. The van der Waals surface area contributed by atoms with E-state index in [4.69, 9.17) is 24.2 Å². The summed E-state index contributed by atoms with van der Waals surface area (Å²) in [4.78, 5) is 55.5. The number of H-pyrrole nitrogens is 1. The Balaban J connectivity index is 1.11. The summed E-state index contributed by atoms with van der Waals surface area (Å²) in [5, 5.41) is 2.71. The summed E-state index contributed by atoms with van der Waals surface area (Å²) in [6, 6.07) is 15.8. The van der Waals surface area contributed by atoms with E-state index in [0.29, 0.717) is 44.3 Å². The van der Waals surface area contributed by atoms with E-state index >= 15 is 0 Å². The van der Waals surface area contributed by atoms with Gasteiger partial charge in [0.1, 0.15) is 17.5 Å². The molecule has 3 aliphatic rings. The van der Waals surface area contributed by atoms with Gasteiger partial charge in [-0.3, -0.25) is 14.7 Å². The lowest BCUT2D eigenvalue weighted by atomic mass is 9.95. The van der Waals surface area contributed by atoms with Crippen LogP contribution in [0.25, 0.3) is 28.0 Å². The molecule has 0 spiro atoms. The van der Waals surface area contributed by atoms with Crippen LogP contribution < -0.4 is 5.32 Å². The number of alkyl carbamates (subject to hydrolysis) is 1. The average Bonchev–Trinajstić information content (AvgIpc) is 3.96. The van der Waals surface area contributed by atoms with Crippen LogP contribution >= 0.6 is 0 Å². The second-order valence-electron chi connectivity index (χ2n) is 16.2. The molecule has 54 heavy (non-hydrogen) atoms. The summed E-state index contributed by atoms with van der Waals surface area (Å²) in [6.45, 7) is 13.4. The van der Waals surface area contributed by atoms with Crippen molar-refractivity contribution in [3.63, 3.8) is 0 Å². The third kappa shape index (κ3) is 8.70. The summed E-state index contributed by atoms with van der Waals surface area (Å²) in [7, 11) is 2.95. The van der Waals surface area contributed by atoms with Crippen LogP contribution in [0, 0.1) is 17.8 Å². The van der Waals surface area contributed by atoms with Gasteiger partial charge in [-0.1, -0.05) is 69.3 Å². The van der Waals surface area contributed by atoms with Crippen molar-refractivity contribution in [3.05, 3.63) is 72.3 Å². The first-order valence-electron chi connectivity index (χ1n) is 18.9. The molecule has 2 saturated heterocycles. The van der Waals surface area contributed by atoms with E-state index in [1.165, 1.54) is 7.11 Å². The molecule has 2 aromatic carbocycles. The number of aromatic amines is 1. The Bertz CT molecular complexity index is 1880. The van der Waals surface area contributed by atoms with Gasteiger partial charge in [0.05, 0.1) is 37.7 Å². The van der Waals surface area contributed by atoms with Crippen LogP contribution in [0.2, 0.25) is 0 Å². The summed E-state index contributed by atoms with van der Waals surface area (Å²) >= 11 is 0. The summed E-state index contributed by atoms with van der Waals surface area (Å²) in [5.74, 6) is 0.924. The predicted molar refractivity (Wildman–Crippen MR) is 209 cm³/mol. The molecule has 12 heteroatoms. The number of methoxy groups -OCH3 is 2. The number of allylic oxidation sites excluding steroid dienone is 1. The number of imidazole rings is 1. The summed E-state index contributed by atoms with van der Waals surface area (Å²) < 4.78 is 16.0. The molecule has 0 saturated carbocycles. The molecule has 5 atom stereocenters. The van der Waals surface area contributed by atoms with Crippen molar-refractivity contribution in [2.45, 2.75) is 84.5 Å². The molecule has 6 rings (SSSR count). The highest BCUT2D eigenvalue weighted by atomic mass is 16.6. The third-order valence-corrected chi connectivity index (χ3v) is 10.4. The van der Waals surface area contributed by atoms with E-state index in [-0.39, 0.29) is 35.9 Å². The van der Waals surface area contributed by atoms with E-state index in [2.05, 4.69) is 65.8 Å². The lowest BCUT2D eigenvalue weighted by Crippen LogP contribution is -2.51. The van der Waals surface area contributed by atoms with Crippen molar-refractivity contribution in [2.24, 2.45) is 22.7 Å². The zero-order chi connectivity index (χ0) is 38.7. The lowest BCUT2D eigenvalue weighted by molar-refractivity contribution is -0.135. The molecular formula is C42H54N6O6. The predicted octanol–water partition coefficient (Wildman–Crippen LogP) is 7.49. The van der Waals surface area contributed by atoms with Crippen LogP contribution in [0.15, 0.2) is 65.9 Å². The summed E-state index contributed by atoms with van der Waals surface area (Å²) in [5.41, 5.74) is 6.74. The lowest BCUT2D eigenvalue weighted by Gasteiger charge is -2.30. The minimum atomic E-state index is -0.726. The number of carbonyl (C=O) groups excluding carboxylic acids is 3. The molecule has 3 aromatic rings. The van der Waals surface area contributed by atoms with Crippen LogP contribution in [0.1, 0.15) is 78.2 Å². The number of amides is 3. The van der Waals surface area contributed by atoms with Crippen molar-refractivity contribution < 1.29 is 28.6 Å². The highest BCUT2D eigenvalue weighted by molar-refractivity contribution is 6.03. The first kappa shape index (κ1) is 38.7. The van der Waals surface area contributed by atoms with Gasteiger partial charge in [0.2, 0.25) is 5.91 Å². The van der Waals surface area contributed by atoms with Crippen LogP contribution in [-0.4, -0.2) is 95.2 Å². The van der Waals surface area contributed by atoms with Crippen molar-refractivity contribution >= 4 is 29.4 Å². The average molecular weight is 739 g/mol. The van der Waals surface area contributed by atoms with Gasteiger partial charge in [-0.2, -0.15) is 0 Å². The van der Waals surface area contributed by atoms with Gasteiger partial charge in [-0.15, -0.1) is 0 Å². The van der Waals surface area contributed by atoms with Crippen LogP contribution in [-0.2, 0) is 19.0 Å². The van der Waals surface area contributed by atoms with Gasteiger partial charge < -0.3 is 29.4 Å². The van der Waals surface area contributed by atoms with Crippen molar-refractivity contribution in [1.82, 2.24) is 25.1 Å². The van der Waals surface area contributed by atoms with Gasteiger partial charge in [0.15, 0.2) is 0 Å². The quantitative estimate of drug-likeness (QED) is 0.220. The minimum absolute atomic E-state index is 0.0490. The number of nitrogens with zero attached hydrogens (tertiary/aromatic N) is 4. The maximum atomic E-state index is 13.8. The van der Waals surface area contributed by atoms with E-state index in [9.17, 15) is 14.4 Å². The Morgan fingerprint density at radius 2 is 1.56 bits per heavy atom. The standard InChI is InChI=1S/C42H54N6O6/c1-25(2)37(46-40(50)53-8)39(49)47-23-27(24-52-7)18-36(47)38-44-21-34(45-38)31-15-13-29(14-16-31)28-9-11-30(12-10-28)32-19-33(43-20-32)35-17-26(3)22-48(35)41(51)54-42(4,5)6/h9-16,20-21,25-27,35-37H,17-19,22-24H2,1-8H3,(H,44,45)(H,46,50)/t26-,27-,35-,36-,37-/m0/s1. The molecule has 0 unspecified atom stereocenters. The number of hydrogen-bond donors (Lipinski definition) is 2. The highest BCUT2D eigenvalue weighted by Gasteiger charge is 2.42. The smallest absolute Gasteiger partial charge is 0.410 e. The van der Waals surface area contributed by atoms with Crippen molar-refractivity contribution in [3.8, 4) is 22.4 Å². The number of rotatable bonds is 10. The normalized spacial score (nSPS) is 21.9. The second kappa shape index (κ2) is 16.2. The van der Waals surface area contributed by atoms with E-state index in [1.54, 1.807) is 7.11 Å². The topological polar surface area (TPSA) is 138 Å². The third-order valence-electron chi connectivity index (χ3n) is 10.4. The fraction of sp³-hybridized carbons (Fsp3) is 0.500. The van der Waals surface area contributed by atoms with Crippen molar-refractivity contribution in [2.75, 3.05) is 33.9 Å². The summed E-state index contributed by atoms with van der Waals surface area (Å²) in [6.07, 6.45) is 5.13. The van der Waals surface area contributed by atoms with Crippen LogP contribution in [0.4, 0.5) is 9.59 Å². The molecule has 3 aliphatic heterocycles. The first-order valence-corrected chi connectivity index (χ1v) is 18.9. The van der Waals surface area contributed by atoms with Gasteiger partial charge in [0, 0.05) is 44.4 Å². The minimum Gasteiger partial charge on any atom is -0.453 e. The molecule has 0 bridgehead atoms. The Morgan fingerprint density at radius 1 is 0.907 bits per heavy atom. The molecule has 1 aromatic heterocycles. The fourth-order valence-electron chi connectivity index (χ4n) is 7.74. The van der Waals surface area contributed by atoms with Gasteiger partial charge >= 0.3 is 12.2 Å². The molecule has 2 fully saturated rings. The van der Waals surface area contributed by atoms with Gasteiger partial charge in [0.25, 0.3) is 0 Å². The van der Waals surface area contributed by atoms with E-state index in [0.717, 1.165) is 45.7 Å². The number of carbonyl (C=O) groups is 3. The molecule has 4 heterocycles. The number of benzene rings is 2.